The van der Waals surface area contributed by atoms with Gasteiger partial charge in [0.1, 0.15) is 6.61 Å². The SMILES string of the molecule is c1ccc2c(c1)COc1nc3c(cc1-2)CCC3. The first-order valence-corrected chi connectivity index (χ1v) is 6.16. The van der Waals surface area contributed by atoms with Gasteiger partial charge < -0.3 is 4.74 Å². The summed E-state index contributed by atoms with van der Waals surface area (Å²) in [5.41, 5.74) is 6.37. The number of ether oxygens (including phenoxy) is 1. The summed E-state index contributed by atoms with van der Waals surface area (Å²) in [5, 5.41) is 0. The zero-order valence-corrected chi connectivity index (χ0v) is 9.57. The molecule has 0 saturated carbocycles. The van der Waals surface area contributed by atoms with Crippen LogP contribution in [-0.4, -0.2) is 4.98 Å². The van der Waals surface area contributed by atoms with Gasteiger partial charge in [0.25, 0.3) is 0 Å². The van der Waals surface area contributed by atoms with E-state index in [1.54, 1.807) is 0 Å². The van der Waals surface area contributed by atoms with Crippen molar-refractivity contribution < 1.29 is 4.74 Å². The molecule has 1 aromatic heterocycles. The Morgan fingerprint density at radius 1 is 1.00 bits per heavy atom. The second-order valence-corrected chi connectivity index (χ2v) is 4.75. The number of hydrogen-bond acceptors (Lipinski definition) is 2. The number of fused-ring (bicyclic) bond motifs is 4. The van der Waals surface area contributed by atoms with Gasteiger partial charge in [0, 0.05) is 11.3 Å². The third kappa shape index (κ3) is 1.30. The summed E-state index contributed by atoms with van der Waals surface area (Å²) in [5.74, 6) is 0.823. The van der Waals surface area contributed by atoms with E-state index in [1.165, 1.54) is 34.4 Å². The summed E-state index contributed by atoms with van der Waals surface area (Å²) in [4.78, 5) is 4.67. The standard InChI is InChI=1S/C15H13NO/c1-2-6-12-11(4-1)9-17-15-13(12)8-10-5-3-7-14(10)16-15/h1-2,4,6,8H,3,5,7,9H2. The predicted molar refractivity (Wildman–Crippen MR) is 66.0 cm³/mol. The van der Waals surface area contributed by atoms with Crippen LogP contribution >= 0.6 is 0 Å². The predicted octanol–water partition coefficient (Wildman–Crippen LogP) is 3.13. The van der Waals surface area contributed by atoms with Crippen molar-refractivity contribution in [2.45, 2.75) is 25.9 Å². The third-order valence-electron chi connectivity index (χ3n) is 3.69. The maximum atomic E-state index is 5.76. The molecule has 2 aliphatic rings. The summed E-state index contributed by atoms with van der Waals surface area (Å²) in [6.45, 7) is 0.648. The van der Waals surface area contributed by atoms with Crippen LogP contribution in [-0.2, 0) is 19.4 Å². The first kappa shape index (κ1) is 9.23. The maximum absolute atomic E-state index is 5.76. The number of aromatic nitrogens is 1. The Labute approximate surface area is 100 Å². The highest BCUT2D eigenvalue weighted by molar-refractivity contribution is 5.74. The van der Waals surface area contributed by atoms with Crippen LogP contribution in [0, 0.1) is 0 Å². The molecule has 4 rings (SSSR count). The Hall–Kier alpha value is -1.83. The minimum atomic E-state index is 0.648. The average Bonchev–Trinajstić information content (AvgIpc) is 2.83. The molecule has 84 valence electrons. The van der Waals surface area contributed by atoms with Gasteiger partial charge in [-0.25, -0.2) is 4.98 Å². The molecule has 0 N–H and O–H groups in total. The van der Waals surface area contributed by atoms with Crippen molar-refractivity contribution in [3.05, 3.63) is 47.2 Å². The fourth-order valence-electron chi connectivity index (χ4n) is 2.81. The van der Waals surface area contributed by atoms with Crippen molar-refractivity contribution >= 4 is 0 Å². The highest BCUT2D eigenvalue weighted by Gasteiger charge is 2.22. The summed E-state index contributed by atoms with van der Waals surface area (Å²) in [7, 11) is 0. The molecule has 2 heterocycles. The van der Waals surface area contributed by atoms with E-state index in [9.17, 15) is 0 Å². The molecule has 0 bridgehead atoms. The molecule has 0 saturated heterocycles. The molecule has 2 aromatic rings. The average molecular weight is 223 g/mol. The van der Waals surface area contributed by atoms with Crippen LogP contribution in [0.5, 0.6) is 5.88 Å². The highest BCUT2D eigenvalue weighted by Crippen LogP contribution is 2.38. The van der Waals surface area contributed by atoms with Crippen LogP contribution in [0.3, 0.4) is 0 Å². The molecule has 0 spiro atoms. The number of pyridine rings is 1. The smallest absolute Gasteiger partial charge is 0.221 e. The molecule has 2 heteroatoms. The first-order valence-electron chi connectivity index (χ1n) is 6.16. The van der Waals surface area contributed by atoms with Gasteiger partial charge in [-0.15, -0.1) is 0 Å². The van der Waals surface area contributed by atoms with E-state index in [1.807, 2.05) is 0 Å². The van der Waals surface area contributed by atoms with Gasteiger partial charge in [-0.05, 0) is 42.0 Å². The fourth-order valence-corrected chi connectivity index (χ4v) is 2.81. The van der Waals surface area contributed by atoms with Gasteiger partial charge in [0.2, 0.25) is 5.88 Å². The number of nitrogens with zero attached hydrogens (tertiary/aromatic N) is 1. The summed E-state index contributed by atoms with van der Waals surface area (Å²) in [6.07, 6.45) is 3.50. The lowest BCUT2D eigenvalue weighted by atomic mass is 9.97. The van der Waals surface area contributed by atoms with E-state index in [0.717, 1.165) is 18.7 Å². The number of hydrogen-bond donors (Lipinski definition) is 0. The van der Waals surface area contributed by atoms with Crippen molar-refractivity contribution in [3.8, 4) is 17.0 Å². The molecule has 1 aliphatic carbocycles. The maximum Gasteiger partial charge on any atom is 0.221 e. The van der Waals surface area contributed by atoms with Gasteiger partial charge in [0.15, 0.2) is 0 Å². The van der Waals surface area contributed by atoms with E-state index in [2.05, 4.69) is 35.3 Å². The number of rotatable bonds is 0. The van der Waals surface area contributed by atoms with Crippen LogP contribution < -0.4 is 4.74 Å². The van der Waals surface area contributed by atoms with E-state index in [4.69, 9.17) is 4.74 Å². The van der Waals surface area contributed by atoms with E-state index in [-0.39, 0.29) is 0 Å². The van der Waals surface area contributed by atoms with Crippen molar-refractivity contribution in [1.82, 2.24) is 4.98 Å². The molecule has 0 fully saturated rings. The van der Waals surface area contributed by atoms with Crippen LogP contribution in [0.4, 0.5) is 0 Å². The second-order valence-electron chi connectivity index (χ2n) is 4.75. The van der Waals surface area contributed by atoms with Crippen molar-refractivity contribution in [2.24, 2.45) is 0 Å². The van der Waals surface area contributed by atoms with E-state index >= 15 is 0 Å². The topological polar surface area (TPSA) is 22.1 Å². The Bertz CT molecular complexity index is 604. The van der Waals surface area contributed by atoms with Gasteiger partial charge >= 0.3 is 0 Å². The Kier molecular flexibility index (Phi) is 1.81. The van der Waals surface area contributed by atoms with Crippen molar-refractivity contribution in [1.29, 1.82) is 0 Å². The zero-order chi connectivity index (χ0) is 11.2. The minimum absolute atomic E-state index is 0.648. The van der Waals surface area contributed by atoms with Gasteiger partial charge in [-0.1, -0.05) is 24.3 Å². The summed E-state index contributed by atoms with van der Waals surface area (Å²) < 4.78 is 5.76. The van der Waals surface area contributed by atoms with Gasteiger partial charge in [0.05, 0.1) is 0 Å². The quantitative estimate of drug-likeness (QED) is 0.684. The molecule has 0 radical (unpaired) electrons. The molecular weight excluding hydrogens is 210 g/mol. The highest BCUT2D eigenvalue weighted by atomic mass is 16.5. The third-order valence-corrected chi connectivity index (χ3v) is 3.69. The molecular formula is C15H13NO. The van der Waals surface area contributed by atoms with Gasteiger partial charge in [-0.3, -0.25) is 0 Å². The second kappa shape index (κ2) is 3.33. The molecule has 0 atom stereocenters. The number of benzene rings is 1. The van der Waals surface area contributed by atoms with Crippen molar-refractivity contribution in [2.75, 3.05) is 0 Å². The fraction of sp³-hybridized carbons (Fsp3) is 0.267. The molecule has 0 amide bonds. The lowest BCUT2D eigenvalue weighted by Gasteiger charge is -2.20. The lowest BCUT2D eigenvalue weighted by molar-refractivity contribution is 0.289. The molecule has 2 nitrogen and oxygen atoms in total. The van der Waals surface area contributed by atoms with Crippen LogP contribution in [0.2, 0.25) is 0 Å². The molecule has 17 heavy (non-hydrogen) atoms. The minimum Gasteiger partial charge on any atom is -0.472 e. The van der Waals surface area contributed by atoms with Gasteiger partial charge in [-0.2, -0.15) is 0 Å². The normalized spacial score (nSPS) is 15.8. The van der Waals surface area contributed by atoms with Crippen LogP contribution in [0.1, 0.15) is 23.2 Å². The largest absolute Gasteiger partial charge is 0.472 e. The monoisotopic (exact) mass is 223 g/mol. The van der Waals surface area contributed by atoms with Crippen LogP contribution in [0.25, 0.3) is 11.1 Å². The summed E-state index contributed by atoms with van der Waals surface area (Å²) >= 11 is 0. The molecule has 0 unspecified atom stereocenters. The molecule has 1 aliphatic heterocycles. The van der Waals surface area contributed by atoms with Crippen LogP contribution in [0.15, 0.2) is 30.3 Å². The van der Waals surface area contributed by atoms with E-state index in [0.29, 0.717) is 6.61 Å². The molecule has 1 aromatic carbocycles. The lowest BCUT2D eigenvalue weighted by Crippen LogP contribution is -2.08. The summed E-state index contributed by atoms with van der Waals surface area (Å²) in [6, 6.07) is 10.7. The Morgan fingerprint density at radius 2 is 1.94 bits per heavy atom. The zero-order valence-electron chi connectivity index (χ0n) is 9.57. The Balaban J connectivity index is 1.98. The van der Waals surface area contributed by atoms with Crippen molar-refractivity contribution in [3.63, 3.8) is 0 Å². The first-order chi connectivity index (χ1) is 8.42. The number of aryl methyl sites for hydroxylation is 2. The van der Waals surface area contributed by atoms with E-state index < -0.39 is 0 Å². The Morgan fingerprint density at radius 3 is 2.94 bits per heavy atom.